The summed E-state index contributed by atoms with van der Waals surface area (Å²) in [7, 11) is 1.58. The van der Waals surface area contributed by atoms with E-state index in [4.69, 9.17) is 18.6 Å². The monoisotopic (exact) mass is 647 g/mol. The van der Waals surface area contributed by atoms with Gasteiger partial charge in [0.2, 0.25) is 12.7 Å². The van der Waals surface area contributed by atoms with Gasteiger partial charge in [0.05, 0.1) is 18.4 Å². The van der Waals surface area contributed by atoms with E-state index in [2.05, 4.69) is 16.0 Å². The molecule has 0 spiro atoms. The van der Waals surface area contributed by atoms with Crippen molar-refractivity contribution in [1.82, 2.24) is 5.32 Å². The number of methoxy groups -OCH3 is 1. The van der Waals surface area contributed by atoms with Crippen molar-refractivity contribution in [3.8, 4) is 28.6 Å². The number of ether oxygens (including phenoxy) is 3. The highest BCUT2D eigenvalue weighted by molar-refractivity contribution is 8.00. The fourth-order valence-electron chi connectivity index (χ4n) is 4.66. The molecule has 5 aromatic rings. The number of carbonyl (C=O) groups excluding carboxylic acids is 3. The lowest BCUT2D eigenvalue weighted by Gasteiger charge is -2.11. The number of thioether (sulfide) groups is 1. The Morgan fingerprint density at radius 1 is 0.809 bits per heavy atom. The highest BCUT2D eigenvalue weighted by atomic mass is 32.2. The van der Waals surface area contributed by atoms with Gasteiger partial charge in [-0.1, -0.05) is 30.3 Å². The molecule has 47 heavy (non-hydrogen) atoms. The van der Waals surface area contributed by atoms with Crippen LogP contribution in [-0.2, 0) is 9.59 Å². The van der Waals surface area contributed by atoms with E-state index >= 15 is 0 Å². The van der Waals surface area contributed by atoms with E-state index in [-0.39, 0.29) is 24.2 Å². The highest BCUT2D eigenvalue weighted by Crippen LogP contribution is 2.34. The minimum Gasteiger partial charge on any atom is -0.496 e. The van der Waals surface area contributed by atoms with Gasteiger partial charge in [-0.15, -0.1) is 11.8 Å². The fourth-order valence-corrected chi connectivity index (χ4v) is 5.36. The lowest BCUT2D eigenvalue weighted by Crippen LogP contribution is -2.30. The first kappa shape index (κ1) is 31.1. The predicted octanol–water partition coefficient (Wildman–Crippen LogP) is 6.82. The van der Waals surface area contributed by atoms with Crippen molar-refractivity contribution in [2.75, 3.05) is 30.3 Å². The van der Waals surface area contributed by atoms with Crippen molar-refractivity contribution in [2.45, 2.75) is 4.90 Å². The molecule has 0 saturated heterocycles. The minimum atomic E-state index is -0.548. The molecule has 3 amide bonds. The zero-order valence-corrected chi connectivity index (χ0v) is 26.0. The SMILES string of the molecule is COc1ccccc1-c1ccc(/C=C(/NC(=O)c2ccccc2)C(=O)Nc2ccc(SCC(=O)Nc3ccc4c(c3)OCO4)cc2)o1. The number of benzene rings is 4. The summed E-state index contributed by atoms with van der Waals surface area (Å²) < 4.78 is 22.1. The number of nitrogens with one attached hydrogen (secondary N) is 3. The van der Waals surface area contributed by atoms with Crippen molar-refractivity contribution in [1.29, 1.82) is 0 Å². The number of hydrogen-bond acceptors (Lipinski definition) is 8. The zero-order chi connectivity index (χ0) is 32.6. The minimum absolute atomic E-state index is 0.0154. The van der Waals surface area contributed by atoms with Crippen LogP contribution in [0.5, 0.6) is 17.2 Å². The highest BCUT2D eigenvalue weighted by Gasteiger charge is 2.18. The Labute approximate surface area is 274 Å². The van der Waals surface area contributed by atoms with Crippen LogP contribution in [0, 0.1) is 0 Å². The third kappa shape index (κ3) is 7.84. The Balaban J connectivity index is 1.12. The molecule has 4 aromatic carbocycles. The predicted molar refractivity (Wildman–Crippen MR) is 180 cm³/mol. The normalized spacial score (nSPS) is 11.9. The fraction of sp³-hybridized carbons (Fsp3) is 0.0833. The van der Waals surface area contributed by atoms with Crippen molar-refractivity contribution < 1.29 is 33.0 Å². The number of furan rings is 1. The van der Waals surface area contributed by atoms with Crippen LogP contribution in [0.25, 0.3) is 17.4 Å². The number of para-hydroxylation sites is 1. The molecule has 11 heteroatoms. The molecular weight excluding hydrogens is 618 g/mol. The molecule has 0 atom stereocenters. The van der Waals surface area contributed by atoms with Gasteiger partial charge < -0.3 is 34.6 Å². The van der Waals surface area contributed by atoms with Crippen LogP contribution in [0.4, 0.5) is 11.4 Å². The first-order chi connectivity index (χ1) is 22.9. The Kier molecular flexibility index (Phi) is 9.54. The second kappa shape index (κ2) is 14.4. The van der Waals surface area contributed by atoms with Crippen LogP contribution < -0.4 is 30.2 Å². The molecule has 0 aliphatic carbocycles. The average molecular weight is 648 g/mol. The molecule has 0 fully saturated rings. The lowest BCUT2D eigenvalue weighted by molar-refractivity contribution is -0.114. The largest absolute Gasteiger partial charge is 0.496 e. The second-order valence-electron chi connectivity index (χ2n) is 10.2. The molecule has 0 bridgehead atoms. The topological polar surface area (TPSA) is 128 Å². The smallest absolute Gasteiger partial charge is 0.272 e. The zero-order valence-electron chi connectivity index (χ0n) is 25.1. The van der Waals surface area contributed by atoms with Crippen molar-refractivity contribution >= 4 is 46.9 Å². The van der Waals surface area contributed by atoms with E-state index < -0.39 is 11.8 Å². The second-order valence-corrected chi connectivity index (χ2v) is 11.2. The van der Waals surface area contributed by atoms with Gasteiger partial charge in [-0.25, -0.2) is 0 Å². The molecular formula is C36H29N3O7S. The lowest BCUT2D eigenvalue weighted by atomic mass is 10.1. The van der Waals surface area contributed by atoms with Crippen LogP contribution in [0.2, 0.25) is 0 Å². The van der Waals surface area contributed by atoms with Gasteiger partial charge in [-0.3, -0.25) is 14.4 Å². The Bertz CT molecular complexity index is 1940. The molecule has 0 radical (unpaired) electrons. The third-order valence-corrected chi connectivity index (χ3v) is 7.97. The summed E-state index contributed by atoms with van der Waals surface area (Å²) in [5.74, 6) is 1.77. The molecule has 10 nitrogen and oxygen atoms in total. The number of amides is 3. The summed E-state index contributed by atoms with van der Waals surface area (Å²) in [6, 6.07) is 31.8. The van der Waals surface area contributed by atoms with Crippen molar-refractivity contribution in [3.05, 3.63) is 126 Å². The molecule has 0 unspecified atom stereocenters. The number of rotatable bonds is 11. The Morgan fingerprint density at radius 3 is 2.36 bits per heavy atom. The average Bonchev–Trinajstić information content (AvgIpc) is 3.77. The van der Waals surface area contributed by atoms with Gasteiger partial charge in [0.1, 0.15) is 23.0 Å². The first-order valence-electron chi connectivity index (χ1n) is 14.5. The molecule has 1 aliphatic heterocycles. The molecule has 0 saturated carbocycles. The third-order valence-electron chi connectivity index (χ3n) is 6.95. The number of hydrogen-bond donors (Lipinski definition) is 3. The molecule has 1 aliphatic rings. The molecule has 3 N–H and O–H groups in total. The summed E-state index contributed by atoms with van der Waals surface area (Å²) >= 11 is 1.35. The van der Waals surface area contributed by atoms with Gasteiger partial charge in [-0.05, 0) is 72.8 Å². The van der Waals surface area contributed by atoms with Crippen molar-refractivity contribution in [2.24, 2.45) is 0 Å². The Hall–Kier alpha value is -5.94. The van der Waals surface area contributed by atoms with Crippen molar-refractivity contribution in [3.63, 3.8) is 0 Å². The molecule has 1 aromatic heterocycles. The summed E-state index contributed by atoms with van der Waals surface area (Å²) in [6.07, 6.45) is 1.47. The van der Waals surface area contributed by atoms with E-state index in [0.29, 0.717) is 45.7 Å². The van der Waals surface area contributed by atoms with E-state index in [1.807, 2.05) is 24.3 Å². The summed E-state index contributed by atoms with van der Waals surface area (Å²) in [4.78, 5) is 39.8. The van der Waals surface area contributed by atoms with Crippen LogP contribution >= 0.6 is 11.8 Å². The molecule has 2 heterocycles. The maximum Gasteiger partial charge on any atom is 0.272 e. The van der Waals surface area contributed by atoms with Crippen LogP contribution in [0.15, 0.2) is 124 Å². The number of carbonyl (C=O) groups is 3. The summed E-state index contributed by atoms with van der Waals surface area (Å²) in [5.41, 5.74) is 2.24. The summed E-state index contributed by atoms with van der Waals surface area (Å²) in [6.45, 7) is 0.161. The van der Waals surface area contributed by atoms with E-state index in [0.717, 1.165) is 10.5 Å². The van der Waals surface area contributed by atoms with E-state index in [9.17, 15) is 14.4 Å². The Morgan fingerprint density at radius 2 is 1.55 bits per heavy atom. The van der Waals surface area contributed by atoms with Gasteiger partial charge in [0.25, 0.3) is 11.8 Å². The van der Waals surface area contributed by atoms with E-state index in [1.165, 1.54) is 17.8 Å². The first-order valence-corrected chi connectivity index (χ1v) is 15.5. The maximum atomic E-state index is 13.5. The van der Waals surface area contributed by atoms with Gasteiger partial charge >= 0.3 is 0 Å². The maximum absolute atomic E-state index is 13.5. The van der Waals surface area contributed by atoms with Crippen LogP contribution in [0.1, 0.15) is 16.1 Å². The molecule has 236 valence electrons. The van der Waals surface area contributed by atoms with E-state index in [1.54, 1.807) is 92.0 Å². The molecule has 6 rings (SSSR count). The van der Waals surface area contributed by atoms with Gasteiger partial charge in [0, 0.05) is 34.0 Å². The summed E-state index contributed by atoms with van der Waals surface area (Å²) in [5, 5.41) is 8.39. The quantitative estimate of drug-likeness (QED) is 0.105. The van der Waals surface area contributed by atoms with Gasteiger partial charge in [0.15, 0.2) is 11.5 Å². The van der Waals surface area contributed by atoms with Crippen LogP contribution in [0.3, 0.4) is 0 Å². The number of fused-ring (bicyclic) bond motifs is 1. The number of anilines is 2. The van der Waals surface area contributed by atoms with Gasteiger partial charge in [-0.2, -0.15) is 0 Å². The standard InChI is InChI=1S/C36H29N3O7S/c1-43-30-10-6-5-9-28(30)31-18-14-26(46-31)20-29(39-35(41)23-7-3-2-4-8-23)36(42)38-24-11-15-27(16-12-24)47-21-34(40)37-25-13-17-32-33(19-25)45-22-44-32/h2-20H,21-22H2,1H3,(H,37,40)(H,38,42)(H,39,41)/b29-20+. The van der Waals surface area contributed by atoms with Crippen LogP contribution in [-0.4, -0.2) is 37.4 Å².